The highest BCUT2D eigenvalue weighted by molar-refractivity contribution is 5.74. The summed E-state index contributed by atoms with van der Waals surface area (Å²) in [5, 5.41) is 8.90. The fourth-order valence-electron chi connectivity index (χ4n) is 0.795. The van der Waals surface area contributed by atoms with Crippen molar-refractivity contribution in [1.29, 1.82) is 0 Å². The molecule has 0 radical (unpaired) electrons. The molecule has 0 aromatic carbocycles. The predicted molar refractivity (Wildman–Crippen MR) is 30.4 cm³/mol. The van der Waals surface area contributed by atoms with Gasteiger partial charge in [0.15, 0.2) is 0 Å². The molecule has 1 N–H and O–H groups in total. The van der Waals surface area contributed by atoms with Crippen molar-refractivity contribution in [3.63, 3.8) is 0 Å². The average molecular weight is 130 g/mol. The van der Waals surface area contributed by atoms with E-state index in [1.165, 1.54) is 0 Å². The number of carbonyl (C=O) groups excluding carboxylic acids is 1. The molecule has 0 saturated carbocycles. The number of aliphatic hydroxyl groups excluding tert-OH is 1. The molecule has 1 aliphatic heterocycles. The van der Waals surface area contributed by atoms with Crippen molar-refractivity contribution in [3.8, 4) is 0 Å². The topological polar surface area (TPSA) is 46.5 Å². The van der Waals surface area contributed by atoms with Gasteiger partial charge in [-0.25, -0.2) is 0 Å². The molecular weight excluding hydrogens is 120 g/mol. The first kappa shape index (κ1) is 6.55. The van der Waals surface area contributed by atoms with E-state index in [9.17, 15) is 4.79 Å². The van der Waals surface area contributed by atoms with Gasteiger partial charge in [0.05, 0.1) is 5.92 Å². The van der Waals surface area contributed by atoms with Gasteiger partial charge < -0.3 is 9.84 Å². The predicted octanol–water partition coefficient (Wildman–Crippen LogP) is 0.134. The second-order valence-corrected chi connectivity index (χ2v) is 2.48. The minimum atomic E-state index is -0.882. The van der Waals surface area contributed by atoms with E-state index in [0.29, 0.717) is 0 Å². The molecule has 52 valence electrons. The SMILES string of the molecule is C[C@H]1[C@H](C)C(=O)O[C@@H]1O. The molecule has 0 aliphatic carbocycles. The van der Waals surface area contributed by atoms with Gasteiger partial charge in [0, 0.05) is 5.92 Å². The normalized spacial score (nSPS) is 43.0. The lowest BCUT2D eigenvalue weighted by Gasteiger charge is -2.05. The summed E-state index contributed by atoms with van der Waals surface area (Å²) in [5.41, 5.74) is 0. The van der Waals surface area contributed by atoms with Crippen LogP contribution in [0, 0.1) is 11.8 Å². The van der Waals surface area contributed by atoms with Crippen molar-refractivity contribution < 1.29 is 14.6 Å². The highest BCUT2D eigenvalue weighted by atomic mass is 16.6. The molecule has 0 amide bonds. The van der Waals surface area contributed by atoms with Gasteiger partial charge in [0.25, 0.3) is 0 Å². The minimum absolute atomic E-state index is 0.0579. The Morgan fingerprint density at radius 2 is 2.11 bits per heavy atom. The molecule has 1 saturated heterocycles. The fraction of sp³-hybridized carbons (Fsp3) is 0.833. The van der Waals surface area contributed by atoms with Crippen LogP contribution in [0.2, 0.25) is 0 Å². The molecule has 3 heteroatoms. The van der Waals surface area contributed by atoms with E-state index in [2.05, 4.69) is 4.74 Å². The van der Waals surface area contributed by atoms with Crippen LogP contribution in [0.1, 0.15) is 13.8 Å². The third kappa shape index (κ3) is 0.920. The zero-order chi connectivity index (χ0) is 7.02. The zero-order valence-electron chi connectivity index (χ0n) is 5.50. The fourth-order valence-corrected chi connectivity index (χ4v) is 0.795. The minimum Gasteiger partial charge on any atom is -0.435 e. The second-order valence-electron chi connectivity index (χ2n) is 2.48. The van der Waals surface area contributed by atoms with Crippen LogP contribution in [0.3, 0.4) is 0 Å². The van der Waals surface area contributed by atoms with E-state index >= 15 is 0 Å². The molecule has 3 atom stereocenters. The summed E-state index contributed by atoms with van der Waals surface area (Å²) >= 11 is 0. The van der Waals surface area contributed by atoms with Crippen LogP contribution in [-0.2, 0) is 9.53 Å². The molecule has 0 bridgehead atoms. The number of ether oxygens (including phenoxy) is 1. The lowest BCUT2D eigenvalue weighted by atomic mass is 9.99. The van der Waals surface area contributed by atoms with Crippen molar-refractivity contribution in [2.45, 2.75) is 20.1 Å². The largest absolute Gasteiger partial charge is 0.435 e. The van der Waals surface area contributed by atoms with E-state index < -0.39 is 6.29 Å². The van der Waals surface area contributed by atoms with Crippen LogP contribution in [0.4, 0.5) is 0 Å². The Labute approximate surface area is 53.6 Å². The van der Waals surface area contributed by atoms with Gasteiger partial charge in [-0.05, 0) is 0 Å². The summed E-state index contributed by atoms with van der Waals surface area (Å²) in [4.78, 5) is 10.6. The Bertz CT molecular complexity index is 132. The zero-order valence-corrected chi connectivity index (χ0v) is 5.50. The van der Waals surface area contributed by atoms with E-state index in [1.54, 1.807) is 13.8 Å². The Hall–Kier alpha value is -0.570. The lowest BCUT2D eigenvalue weighted by molar-refractivity contribution is -0.156. The van der Waals surface area contributed by atoms with E-state index in [4.69, 9.17) is 5.11 Å². The Morgan fingerprint density at radius 3 is 2.22 bits per heavy atom. The molecule has 1 rings (SSSR count). The van der Waals surface area contributed by atoms with Crippen LogP contribution in [0.25, 0.3) is 0 Å². The molecule has 9 heavy (non-hydrogen) atoms. The van der Waals surface area contributed by atoms with Crippen LogP contribution in [-0.4, -0.2) is 17.4 Å². The highest BCUT2D eigenvalue weighted by Gasteiger charge is 2.37. The summed E-state index contributed by atoms with van der Waals surface area (Å²) < 4.78 is 4.50. The number of cyclic esters (lactones) is 1. The van der Waals surface area contributed by atoms with Crippen molar-refractivity contribution in [1.82, 2.24) is 0 Å². The number of carbonyl (C=O) groups is 1. The summed E-state index contributed by atoms with van der Waals surface area (Å²) in [6.07, 6.45) is -0.882. The van der Waals surface area contributed by atoms with Gasteiger partial charge in [-0.1, -0.05) is 13.8 Å². The monoisotopic (exact) mass is 130 g/mol. The molecule has 0 spiro atoms. The van der Waals surface area contributed by atoms with Gasteiger partial charge in [0.1, 0.15) is 0 Å². The number of hydrogen-bond donors (Lipinski definition) is 1. The molecule has 1 heterocycles. The molecule has 0 aromatic heterocycles. The summed E-state index contributed by atoms with van der Waals surface area (Å²) in [6, 6.07) is 0. The van der Waals surface area contributed by atoms with Crippen LogP contribution in [0.15, 0.2) is 0 Å². The first-order chi connectivity index (χ1) is 4.13. The third-order valence-corrected chi connectivity index (χ3v) is 1.85. The van der Waals surface area contributed by atoms with Gasteiger partial charge in [0.2, 0.25) is 6.29 Å². The molecular formula is C6H10O3. The summed E-state index contributed by atoms with van der Waals surface area (Å²) in [5.74, 6) is -0.507. The van der Waals surface area contributed by atoms with E-state index in [-0.39, 0.29) is 17.8 Å². The van der Waals surface area contributed by atoms with Crippen LogP contribution >= 0.6 is 0 Å². The van der Waals surface area contributed by atoms with Crippen LogP contribution < -0.4 is 0 Å². The molecule has 1 fully saturated rings. The van der Waals surface area contributed by atoms with E-state index in [1.807, 2.05) is 0 Å². The number of hydrogen-bond acceptors (Lipinski definition) is 3. The first-order valence-corrected chi connectivity index (χ1v) is 3.01. The van der Waals surface area contributed by atoms with Gasteiger partial charge in [-0.3, -0.25) is 4.79 Å². The molecule has 0 aromatic rings. The number of aliphatic hydroxyl groups is 1. The quantitative estimate of drug-likeness (QED) is 0.474. The standard InChI is InChI=1S/C6H10O3/c1-3-4(2)6(8)9-5(3)7/h3-5,7H,1-2H3/t3-,4-,5-/m0/s1. The smallest absolute Gasteiger partial charge is 0.311 e. The third-order valence-electron chi connectivity index (χ3n) is 1.85. The van der Waals surface area contributed by atoms with Crippen LogP contribution in [0.5, 0.6) is 0 Å². The van der Waals surface area contributed by atoms with Crippen molar-refractivity contribution >= 4 is 5.97 Å². The van der Waals surface area contributed by atoms with Crippen molar-refractivity contribution in [2.75, 3.05) is 0 Å². The van der Waals surface area contributed by atoms with E-state index in [0.717, 1.165) is 0 Å². The molecule has 1 aliphatic rings. The van der Waals surface area contributed by atoms with Gasteiger partial charge >= 0.3 is 5.97 Å². The Kier molecular flexibility index (Phi) is 1.45. The van der Waals surface area contributed by atoms with Crippen molar-refractivity contribution in [3.05, 3.63) is 0 Å². The number of rotatable bonds is 0. The summed E-state index contributed by atoms with van der Waals surface area (Å²) in [6.45, 7) is 3.55. The maximum atomic E-state index is 10.6. The molecule has 0 unspecified atom stereocenters. The van der Waals surface area contributed by atoms with Gasteiger partial charge in [-0.2, -0.15) is 0 Å². The molecule has 3 nitrogen and oxygen atoms in total. The summed E-state index contributed by atoms with van der Waals surface area (Å²) in [7, 11) is 0. The number of esters is 1. The van der Waals surface area contributed by atoms with Gasteiger partial charge in [-0.15, -0.1) is 0 Å². The Morgan fingerprint density at radius 1 is 1.56 bits per heavy atom. The van der Waals surface area contributed by atoms with Crippen molar-refractivity contribution in [2.24, 2.45) is 11.8 Å². The highest BCUT2D eigenvalue weighted by Crippen LogP contribution is 2.25. The Balaban J connectivity index is 2.65. The first-order valence-electron chi connectivity index (χ1n) is 3.01. The maximum absolute atomic E-state index is 10.6. The maximum Gasteiger partial charge on any atom is 0.311 e. The average Bonchev–Trinajstić information content (AvgIpc) is 1.98. The second kappa shape index (κ2) is 1.99. The lowest BCUT2D eigenvalue weighted by Crippen LogP contribution is -2.14.